The molecular weight excluding hydrogens is 284 g/mol. The number of hydrogen-bond donors (Lipinski definition) is 1. The highest BCUT2D eigenvalue weighted by Crippen LogP contribution is 2.36. The zero-order chi connectivity index (χ0) is 14.8. The van der Waals surface area contributed by atoms with Gasteiger partial charge < -0.3 is 5.11 Å². The van der Waals surface area contributed by atoms with Crippen molar-refractivity contribution in [2.24, 2.45) is 0 Å². The third-order valence-corrected chi connectivity index (χ3v) is 5.08. The molecule has 3 heteroatoms. The zero-order valence-electron chi connectivity index (χ0n) is 12.2. The van der Waals surface area contributed by atoms with E-state index in [-0.39, 0.29) is 5.92 Å². The van der Waals surface area contributed by atoms with Crippen LogP contribution < -0.4 is 0 Å². The summed E-state index contributed by atoms with van der Waals surface area (Å²) < 4.78 is 0. The highest BCUT2D eigenvalue weighted by atomic mass is 35.5. The summed E-state index contributed by atoms with van der Waals surface area (Å²) in [7, 11) is 0. The molecule has 0 spiro atoms. The average molecular weight is 305 g/mol. The van der Waals surface area contributed by atoms with Gasteiger partial charge in [0.25, 0.3) is 0 Å². The lowest BCUT2D eigenvalue weighted by atomic mass is 9.81. The van der Waals surface area contributed by atoms with E-state index in [4.69, 9.17) is 11.6 Å². The molecule has 0 fully saturated rings. The van der Waals surface area contributed by atoms with Crippen molar-refractivity contribution in [3.05, 3.63) is 45.5 Å². The van der Waals surface area contributed by atoms with Gasteiger partial charge in [0, 0.05) is 5.02 Å². The molecule has 0 radical (unpaired) electrons. The van der Waals surface area contributed by atoms with Crippen LogP contribution in [0, 0.1) is 0 Å². The van der Waals surface area contributed by atoms with Gasteiger partial charge in [0.1, 0.15) is 0 Å². The Kier molecular flexibility index (Phi) is 4.34. The highest BCUT2D eigenvalue weighted by molar-refractivity contribution is 6.31. The van der Waals surface area contributed by atoms with Crippen molar-refractivity contribution >= 4 is 17.6 Å². The van der Waals surface area contributed by atoms with Crippen LogP contribution in [-0.4, -0.2) is 11.1 Å². The first-order chi connectivity index (χ1) is 10.1. The maximum Gasteiger partial charge on any atom is 0.310 e. The van der Waals surface area contributed by atoms with Gasteiger partial charge in [0.2, 0.25) is 0 Å². The van der Waals surface area contributed by atoms with E-state index in [1.54, 1.807) is 0 Å². The van der Waals surface area contributed by atoms with Crippen LogP contribution in [0.3, 0.4) is 0 Å². The summed E-state index contributed by atoms with van der Waals surface area (Å²) in [6.07, 6.45) is 10.8. The molecule has 21 heavy (non-hydrogen) atoms. The molecule has 112 valence electrons. The molecule has 3 rings (SSSR count). The first kappa shape index (κ1) is 14.6. The molecule has 1 N–H and O–H groups in total. The summed E-state index contributed by atoms with van der Waals surface area (Å²) in [4.78, 5) is 11.4. The van der Waals surface area contributed by atoms with Gasteiger partial charge in [-0.25, -0.2) is 0 Å². The third kappa shape index (κ3) is 3.16. The van der Waals surface area contributed by atoms with Gasteiger partial charge in [-0.3, -0.25) is 4.79 Å². The zero-order valence-corrected chi connectivity index (χ0v) is 13.0. The number of carbonyl (C=O) groups is 1. The lowest BCUT2D eigenvalue weighted by molar-refractivity contribution is -0.139. The predicted octanol–water partition coefficient (Wildman–Crippen LogP) is 4.89. The quantitative estimate of drug-likeness (QED) is 0.807. The number of hydrogen-bond acceptors (Lipinski definition) is 1. The topological polar surface area (TPSA) is 37.3 Å². The minimum atomic E-state index is -0.727. The molecule has 1 atom stereocenters. The van der Waals surface area contributed by atoms with Crippen molar-refractivity contribution in [3.8, 4) is 0 Å². The average Bonchev–Trinajstić information content (AvgIpc) is 2.48. The first-order valence-electron chi connectivity index (χ1n) is 7.87. The van der Waals surface area contributed by atoms with E-state index in [0.29, 0.717) is 0 Å². The molecule has 0 aliphatic heterocycles. The summed E-state index contributed by atoms with van der Waals surface area (Å²) in [5.74, 6) is -1.11. The van der Waals surface area contributed by atoms with Crippen LogP contribution in [0.4, 0.5) is 0 Å². The second-order valence-electron chi connectivity index (χ2n) is 6.21. The van der Waals surface area contributed by atoms with Gasteiger partial charge in [0.15, 0.2) is 0 Å². The molecular formula is C18H21ClO2. The molecule has 2 aliphatic rings. The Labute approximate surface area is 130 Å². The Morgan fingerprint density at radius 2 is 2.10 bits per heavy atom. The molecule has 0 bridgehead atoms. The number of rotatable bonds is 3. The molecule has 0 saturated heterocycles. The number of fused-ring (bicyclic) bond motifs is 1. The molecule has 1 aromatic carbocycles. The van der Waals surface area contributed by atoms with E-state index in [1.807, 2.05) is 6.07 Å². The van der Waals surface area contributed by atoms with Crippen LogP contribution in [0.2, 0.25) is 5.02 Å². The van der Waals surface area contributed by atoms with Crippen molar-refractivity contribution in [1.82, 2.24) is 0 Å². The molecule has 0 aromatic heterocycles. The normalized spacial score (nSPS) is 21.6. The van der Waals surface area contributed by atoms with Gasteiger partial charge >= 0.3 is 5.97 Å². The molecule has 0 heterocycles. The van der Waals surface area contributed by atoms with Crippen molar-refractivity contribution < 1.29 is 9.90 Å². The van der Waals surface area contributed by atoms with Crippen LogP contribution >= 0.6 is 11.6 Å². The third-order valence-electron chi connectivity index (χ3n) is 4.72. The predicted molar refractivity (Wildman–Crippen MR) is 85.0 cm³/mol. The fourth-order valence-corrected chi connectivity index (χ4v) is 3.82. The Hall–Kier alpha value is -1.28. The summed E-state index contributed by atoms with van der Waals surface area (Å²) in [5.41, 5.74) is 4.76. The summed E-state index contributed by atoms with van der Waals surface area (Å²) in [6.45, 7) is 0. The number of benzene rings is 1. The second-order valence-corrected chi connectivity index (χ2v) is 6.62. The highest BCUT2D eigenvalue weighted by Gasteiger charge is 2.27. The largest absolute Gasteiger partial charge is 0.481 e. The maximum absolute atomic E-state index is 11.4. The van der Waals surface area contributed by atoms with Crippen LogP contribution in [0.1, 0.15) is 61.1 Å². The number of halogens is 1. The fourth-order valence-electron chi connectivity index (χ4n) is 3.58. The van der Waals surface area contributed by atoms with E-state index in [0.717, 1.165) is 41.8 Å². The van der Waals surface area contributed by atoms with Gasteiger partial charge in [-0.1, -0.05) is 29.3 Å². The second kappa shape index (κ2) is 6.23. The van der Waals surface area contributed by atoms with Crippen LogP contribution in [0.5, 0.6) is 0 Å². The monoisotopic (exact) mass is 304 g/mol. The molecule has 2 aliphatic carbocycles. The van der Waals surface area contributed by atoms with Crippen LogP contribution in [-0.2, 0) is 17.6 Å². The smallest absolute Gasteiger partial charge is 0.310 e. The van der Waals surface area contributed by atoms with E-state index in [2.05, 4.69) is 12.1 Å². The van der Waals surface area contributed by atoms with Crippen molar-refractivity contribution in [3.63, 3.8) is 0 Å². The van der Waals surface area contributed by atoms with Gasteiger partial charge in [0.05, 0.1) is 5.92 Å². The van der Waals surface area contributed by atoms with Gasteiger partial charge in [-0.15, -0.1) is 0 Å². The number of aliphatic carboxylic acids is 1. The maximum atomic E-state index is 11.4. The molecule has 1 unspecified atom stereocenters. The van der Waals surface area contributed by atoms with Gasteiger partial charge in [-0.05, 0) is 74.1 Å². The van der Waals surface area contributed by atoms with Crippen molar-refractivity contribution in [2.45, 2.75) is 57.3 Å². The molecule has 0 amide bonds. The number of aryl methyl sites for hydroxylation is 1. The van der Waals surface area contributed by atoms with Crippen LogP contribution in [0.25, 0.3) is 0 Å². The molecule has 0 saturated carbocycles. The summed E-state index contributed by atoms with van der Waals surface area (Å²) in [5, 5.41) is 10.1. The van der Waals surface area contributed by atoms with E-state index < -0.39 is 5.97 Å². The lowest BCUT2D eigenvalue weighted by Crippen LogP contribution is -2.18. The van der Waals surface area contributed by atoms with E-state index in [9.17, 15) is 9.90 Å². The fraction of sp³-hybridized carbons (Fsp3) is 0.500. The summed E-state index contributed by atoms with van der Waals surface area (Å²) >= 11 is 6.43. The number of carboxylic acids is 1. The SMILES string of the molecule is O=C(O)C1CCCc2cc(CC3=CCCCC3)c(Cl)cc21. The van der Waals surface area contributed by atoms with Crippen LogP contribution in [0.15, 0.2) is 23.8 Å². The minimum absolute atomic E-state index is 0.380. The minimum Gasteiger partial charge on any atom is -0.481 e. The lowest BCUT2D eigenvalue weighted by Gasteiger charge is -2.24. The standard InChI is InChI=1S/C18H21ClO2/c19-17-11-16-13(7-4-8-15(16)18(20)21)10-14(17)9-12-5-2-1-3-6-12/h5,10-11,15H,1-4,6-9H2,(H,20,21). The Morgan fingerprint density at radius 1 is 1.24 bits per heavy atom. The first-order valence-corrected chi connectivity index (χ1v) is 8.25. The Bertz CT molecular complexity index is 589. The van der Waals surface area contributed by atoms with Gasteiger partial charge in [-0.2, -0.15) is 0 Å². The number of allylic oxidation sites excluding steroid dienone is 2. The molecule has 1 aromatic rings. The Balaban J connectivity index is 1.90. The van der Waals surface area contributed by atoms with E-state index in [1.165, 1.54) is 36.8 Å². The Morgan fingerprint density at radius 3 is 2.81 bits per heavy atom. The van der Waals surface area contributed by atoms with Crippen molar-refractivity contribution in [2.75, 3.05) is 0 Å². The molecule has 2 nitrogen and oxygen atoms in total. The van der Waals surface area contributed by atoms with Crippen molar-refractivity contribution in [1.29, 1.82) is 0 Å². The summed E-state index contributed by atoms with van der Waals surface area (Å²) in [6, 6.07) is 4.07. The van der Waals surface area contributed by atoms with E-state index >= 15 is 0 Å². The number of carboxylic acid groups (broad SMARTS) is 1.